The van der Waals surface area contributed by atoms with Gasteiger partial charge in [0.05, 0.1) is 16.0 Å². The first kappa shape index (κ1) is 22.8. The lowest BCUT2D eigenvalue weighted by Crippen LogP contribution is -2.11. The van der Waals surface area contributed by atoms with Crippen LogP contribution in [-0.4, -0.2) is 10.1 Å². The summed E-state index contributed by atoms with van der Waals surface area (Å²) in [6, 6.07) is 3.30. The van der Waals surface area contributed by atoms with Crippen LogP contribution < -0.4 is 0 Å². The fraction of sp³-hybridized carbons (Fsp3) is 0.333. The molecule has 0 atom stereocenters. The van der Waals surface area contributed by atoms with Gasteiger partial charge in [0, 0.05) is 19.8 Å². The molecule has 0 aliphatic rings. The van der Waals surface area contributed by atoms with Crippen molar-refractivity contribution in [3.05, 3.63) is 45.8 Å². The van der Waals surface area contributed by atoms with E-state index in [-0.39, 0.29) is 23.2 Å². The van der Waals surface area contributed by atoms with Crippen molar-refractivity contribution in [3.8, 4) is 22.2 Å². The normalized spacial score (nSPS) is 13.3. The Hall–Kier alpha value is -2.40. The van der Waals surface area contributed by atoms with E-state index in [1.165, 1.54) is 16.2 Å². The number of hydrogen-bond donors (Lipinski definition) is 0. The van der Waals surface area contributed by atoms with Crippen LogP contribution in [0.5, 0.6) is 0 Å². The quantitative estimate of drug-likeness (QED) is 0.265. The predicted octanol–water partition coefficient (Wildman–Crippen LogP) is 8.32. The second-order valence-electron chi connectivity index (χ2n) is 8.33. The van der Waals surface area contributed by atoms with Gasteiger partial charge in [-0.1, -0.05) is 25.9 Å². The third-order valence-corrected chi connectivity index (χ3v) is 7.83. The van der Waals surface area contributed by atoms with Crippen molar-refractivity contribution in [2.24, 2.45) is 0 Å². The van der Waals surface area contributed by atoms with Crippen molar-refractivity contribution in [1.82, 2.24) is 10.1 Å². The van der Waals surface area contributed by atoms with E-state index in [1.54, 1.807) is 11.3 Å². The van der Waals surface area contributed by atoms with Gasteiger partial charge in [-0.3, -0.25) is 0 Å². The Bertz CT molecular complexity index is 1270. The Morgan fingerprint density at radius 1 is 0.844 bits per heavy atom. The van der Waals surface area contributed by atoms with Crippen molar-refractivity contribution in [2.75, 3.05) is 0 Å². The minimum Gasteiger partial charge on any atom is -0.333 e. The number of aromatic nitrogens is 2. The molecule has 0 fully saturated rings. The molecule has 0 aliphatic carbocycles. The van der Waals surface area contributed by atoms with Crippen LogP contribution in [0.15, 0.2) is 28.8 Å². The molecule has 3 aromatic heterocycles. The van der Waals surface area contributed by atoms with Crippen LogP contribution in [0.4, 0.5) is 26.3 Å². The summed E-state index contributed by atoms with van der Waals surface area (Å²) in [5, 5.41) is 3.65. The molecule has 11 heteroatoms. The van der Waals surface area contributed by atoms with Gasteiger partial charge >= 0.3 is 12.4 Å². The molecule has 3 heterocycles. The van der Waals surface area contributed by atoms with Gasteiger partial charge in [0.25, 0.3) is 5.89 Å². The lowest BCUT2D eigenvalue weighted by Gasteiger charge is -2.15. The van der Waals surface area contributed by atoms with Crippen molar-refractivity contribution in [1.29, 1.82) is 0 Å². The number of fused-ring (bicyclic) bond motifs is 1. The monoisotopic (exact) mass is 490 g/mol. The molecule has 0 N–H and O–H groups in total. The first-order valence-electron chi connectivity index (χ1n) is 9.32. The summed E-state index contributed by atoms with van der Waals surface area (Å²) in [6.07, 6.45) is -9.91. The number of thiophene rings is 2. The number of benzene rings is 1. The maximum atomic E-state index is 13.1. The molecule has 170 valence electrons. The Labute approximate surface area is 186 Å². The molecule has 0 spiro atoms. The van der Waals surface area contributed by atoms with Crippen LogP contribution in [0, 0.1) is 6.92 Å². The Balaban J connectivity index is 1.78. The molecule has 32 heavy (non-hydrogen) atoms. The summed E-state index contributed by atoms with van der Waals surface area (Å²) < 4.78 is 86.1. The number of hydrogen-bond acceptors (Lipinski definition) is 5. The van der Waals surface area contributed by atoms with Crippen LogP contribution in [0.25, 0.3) is 31.6 Å². The first-order valence-corrected chi connectivity index (χ1v) is 11.0. The third kappa shape index (κ3) is 4.15. The fourth-order valence-electron chi connectivity index (χ4n) is 3.09. The van der Waals surface area contributed by atoms with Gasteiger partial charge in [-0.2, -0.15) is 31.3 Å². The first-order chi connectivity index (χ1) is 14.6. The Morgan fingerprint density at radius 3 is 1.94 bits per heavy atom. The molecule has 0 saturated carbocycles. The maximum Gasteiger partial charge on any atom is 0.416 e. The van der Waals surface area contributed by atoms with Crippen LogP contribution in [-0.2, 0) is 17.8 Å². The predicted molar refractivity (Wildman–Crippen MR) is 112 cm³/mol. The zero-order chi connectivity index (χ0) is 23.6. The van der Waals surface area contributed by atoms with Crippen LogP contribution in [0.2, 0.25) is 0 Å². The highest BCUT2D eigenvalue weighted by Crippen LogP contribution is 2.45. The molecule has 0 amide bonds. The summed E-state index contributed by atoms with van der Waals surface area (Å²) in [5.41, 5.74) is -2.44. The average molecular weight is 490 g/mol. The van der Waals surface area contributed by atoms with Crippen molar-refractivity contribution in [3.63, 3.8) is 0 Å². The highest BCUT2D eigenvalue weighted by molar-refractivity contribution is 7.29. The molecule has 0 saturated heterocycles. The summed E-state index contributed by atoms with van der Waals surface area (Å²) in [5.74, 6) is -0.294. The second kappa shape index (κ2) is 7.31. The zero-order valence-corrected chi connectivity index (χ0v) is 18.8. The summed E-state index contributed by atoms with van der Waals surface area (Å²) in [6.45, 7) is 8.18. The zero-order valence-electron chi connectivity index (χ0n) is 17.2. The molecule has 4 aromatic rings. The van der Waals surface area contributed by atoms with Gasteiger partial charge < -0.3 is 4.52 Å². The average Bonchev–Trinajstić information content (AvgIpc) is 3.35. The van der Waals surface area contributed by atoms with E-state index in [4.69, 9.17) is 4.52 Å². The fourth-order valence-corrected chi connectivity index (χ4v) is 5.67. The number of aryl methyl sites for hydroxylation is 1. The number of rotatable bonds is 2. The standard InChI is InChI=1S/C21H16F6N2OS2/c1-9-15-13(8-14(32-15)19(2,3)4)31-16(9)18-28-17(29-30-18)10-5-11(20(22,23)24)7-12(6-10)21(25,26)27/h5-8H,1-4H3. The van der Waals surface area contributed by atoms with Crippen molar-refractivity contribution < 1.29 is 30.9 Å². The third-order valence-electron chi connectivity index (χ3n) is 4.80. The van der Waals surface area contributed by atoms with E-state index in [2.05, 4.69) is 37.0 Å². The summed E-state index contributed by atoms with van der Waals surface area (Å²) in [7, 11) is 0. The number of alkyl halides is 6. The molecule has 0 aliphatic heterocycles. The van der Waals surface area contributed by atoms with Gasteiger partial charge in [-0.05, 0) is 42.2 Å². The molecule has 0 bridgehead atoms. The number of halogens is 6. The highest BCUT2D eigenvalue weighted by Gasteiger charge is 2.37. The molecule has 3 nitrogen and oxygen atoms in total. The highest BCUT2D eigenvalue weighted by atomic mass is 32.1. The minimum absolute atomic E-state index is 0.0205. The van der Waals surface area contributed by atoms with Gasteiger partial charge in [0.2, 0.25) is 5.82 Å². The topological polar surface area (TPSA) is 38.9 Å². The smallest absolute Gasteiger partial charge is 0.333 e. The Morgan fingerprint density at radius 2 is 1.44 bits per heavy atom. The SMILES string of the molecule is Cc1c(-c2nc(-c3cc(C(F)(F)F)cc(C(F)(F)F)c3)no2)sc2cc(C(C)(C)C)sc12. The van der Waals surface area contributed by atoms with Crippen LogP contribution >= 0.6 is 22.7 Å². The second-order valence-corrected chi connectivity index (χ2v) is 10.4. The molecule has 0 unspecified atom stereocenters. The van der Waals surface area contributed by atoms with E-state index >= 15 is 0 Å². The van der Waals surface area contributed by atoms with E-state index in [9.17, 15) is 26.3 Å². The molecule has 1 aromatic carbocycles. The van der Waals surface area contributed by atoms with E-state index < -0.39 is 29.0 Å². The van der Waals surface area contributed by atoms with Crippen LogP contribution in [0.3, 0.4) is 0 Å². The lowest BCUT2D eigenvalue weighted by atomic mass is 9.95. The van der Waals surface area contributed by atoms with Gasteiger partial charge in [-0.15, -0.1) is 22.7 Å². The molecule has 4 rings (SSSR count). The van der Waals surface area contributed by atoms with Crippen molar-refractivity contribution in [2.45, 2.75) is 45.5 Å². The Kier molecular flexibility index (Phi) is 5.20. The summed E-state index contributed by atoms with van der Waals surface area (Å²) >= 11 is 3.02. The molecule has 0 radical (unpaired) electrons. The minimum atomic E-state index is -4.96. The number of nitrogens with zero attached hydrogens (tertiary/aromatic N) is 2. The summed E-state index contributed by atoms with van der Waals surface area (Å²) in [4.78, 5) is 5.94. The van der Waals surface area contributed by atoms with E-state index in [0.717, 1.165) is 15.0 Å². The molecular formula is C21H16F6N2OS2. The van der Waals surface area contributed by atoms with Crippen molar-refractivity contribution >= 4 is 32.1 Å². The maximum absolute atomic E-state index is 13.1. The van der Waals surface area contributed by atoms with Gasteiger partial charge in [0.15, 0.2) is 0 Å². The molecular weight excluding hydrogens is 474 g/mol. The lowest BCUT2D eigenvalue weighted by molar-refractivity contribution is -0.143. The van der Waals surface area contributed by atoms with E-state index in [1.807, 2.05) is 6.92 Å². The van der Waals surface area contributed by atoms with Gasteiger partial charge in [-0.25, -0.2) is 0 Å². The largest absolute Gasteiger partial charge is 0.416 e. The van der Waals surface area contributed by atoms with Gasteiger partial charge in [0.1, 0.15) is 0 Å². The van der Waals surface area contributed by atoms with E-state index in [0.29, 0.717) is 17.0 Å². The van der Waals surface area contributed by atoms with Crippen LogP contribution in [0.1, 0.15) is 42.3 Å².